The number of hydrogen-bond acceptors (Lipinski definition) is 9. The Morgan fingerprint density at radius 3 is 1.31 bits per heavy atom. The molecule has 0 heterocycles. The molecule has 0 aromatic rings. The van der Waals surface area contributed by atoms with Crippen molar-refractivity contribution in [3.63, 3.8) is 0 Å². The van der Waals surface area contributed by atoms with E-state index in [9.17, 15) is 23.8 Å². The number of aliphatic carboxylic acids is 1. The number of phosphoric ester groups is 1. The zero-order valence-electron chi connectivity index (χ0n) is 30.3. The van der Waals surface area contributed by atoms with E-state index in [0.29, 0.717) is 12.8 Å². The maximum atomic E-state index is 12.4. The quantitative estimate of drug-likeness (QED) is 0.0322. The molecule has 4 N–H and O–H groups in total. The molecule has 0 radical (unpaired) electrons. The summed E-state index contributed by atoms with van der Waals surface area (Å²) in [6, 6.07) is -1.51. The van der Waals surface area contributed by atoms with Crippen molar-refractivity contribution in [2.45, 2.75) is 193 Å². The second-order valence-corrected chi connectivity index (χ2v) is 14.5. The Labute approximate surface area is 291 Å². The number of hydrogen-bond donors (Lipinski definition) is 3. The molecule has 0 aromatic heterocycles. The summed E-state index contributed by atoms with van der Waals surface area (Å²) in [5, 5.41) is 8.83. The largest absolute Gasteiger partial charge is 0.480 e. The van der Waals surface area contributed by atoms with Crippen molar-refractivity contribution in [2.75, 3.05) is 19.8 Å². The van der Waals surface area contributed by atoms with Crippen LogP contribution in [-0.2, 0) is 37.5 Å². The van der Waals surface area contributed by atoms with Crippen LogP contribution in [0.15, 0.2) is 0 Å². The number of esters is 2. The highest BCUT2D eigenvalue weighted by Gasteiger charge is 2.28. The van der Waals surface area contributed by atoms with Gasteiger partial charge in [-0.1, -0.05) is 155 Å². The van der Waals surface area contributed by atoms with Gasteiger partial charge in [0.05, 0.1) is 13.2 Å². The summed E-state index contributed by atoms with van der Waals surface area (Å²) in [6.07, 6.45) is 27.7. The lowest BCUT2D eigenvalue weighted by atomic mass is 10.0. The highest BCUT2D eigenvalue weighted by Crippen LogP contribution is 2.43. The van der Waals surface area contributed by atoms with Crippen LogP contribution < -0.4 is 5.73 Å². The zero-order chi connectivity index (χ0) is 35.7. The van der Waals surface area contributed by atoms with Gasteiger partial charge in [0.25, 0.3) is 0 Å². The van der Waals surface area contributed by atoms with Crippen molar-refractivity contribution in [1.82, 2.24) is 0 Å². The van der Waals surface area contributed by atoms with E-state index in [1.54, 1.807) is 0 Å². The molecule has 0 bridgehead atoms. The molecule has 48 heavy (non-hydrogen) atoms. The molecule has 0 saturated carbocycles. The van der Waals surface area contributed by atoms with E-state index in [1.807, 2.05) is 0 Å². The Morgan fingerprint density at radius 1 is 0.562 bits per heavy atom. The third-order valence-corrected chi connectivity index (χ3v) is 9.31. The first-order chi connectivity index (χ1) is 23.1. The van der Waals surface area contributed by atoms with Crippen molar-refractivity contribution in [3.05, 3.63) is 0 Å². The summed E-state index contributed by atoms with van der Waals surface area (Å²) < 4.78 is 32.4. The molecule has 1 unspecified atom stereocenters. The Kier molecular flexibility index (Phi) is 31.6. The first-order valence-electron chi connectivity index (χ1n) is 19.1. The van der Waals surface area contributed by atoms with E-state index < -0.39 is 51.1 Å². The van der Waals surface area contributed by atoms with Gasteiger partial charge in [0, 0.05) is 12.8 Å². The van der Waals surface area contributed by atoms with Crippen molar-refractivity contribution in [3.8, 4) is 0 Å². The van der Waals surface area contributed by atoms with Gasteiger partial charge in [-0.15, -0.1) is 0 Å². The van der Waals surface area contributed by atoms with Crippen LogP contribution in [0.4, 0.5) is 0 Å². The molecular weight excluding hydrogens is 637 g/mol. The van der Waals surface area contributed by atoms with Crippen LogP contribution in [0.1, 0.15) is 181 Å². The van der Waals surface area contributed by atoms with Gasteiger partial charge in [-0.05, 0) is 12.8 Å². The van der Waals surface area contributed by atoms with Crippen molar-refractivity contribution < 1.29 is 47.5 Å². The minimum Gasteiger partial charge on any atom is -0.480 e. The number of carboxylic acids is 1. The van der Waals surface area contributed by atoms with Crippen LogP contribution in [0.5, 0.6) is 0 Å². The monoisotopic (exact) mass is 707 g/mol. The van der Waals surface area contributed by atoms with Gasteiger partial charge in [-0.2, -0.15) is 0 Å². The number of carboxylic acid groups (broad SMARTS) is 1. The van der Waals surface area contributed by atoms with E-state index in [1.165, 1.54) is 96.3 Å². The molecule has 11 nitrogen and oxygen atoms in total. The van der Waals surface area contributed by atoms with Gasteiger partial charge in [-0.3, -0.25) is 23.4 Å². The Hall–Kier alpha value is -1.52. The first kappa shape index (κ1) is 46.5. The Bertz CT molecular complexity index is 844. The molecule has 0 amide bonds. The van der Waals surface area contributed by atoms with E-state index >= 15 is 0 Å². The highest BCUT2D eigenvalue weighted by atomic mass is 31.2. The van der Waals surface area contributed by atoms with Gasteiger partial charge in [-0.25, -0.2) is 4.57 Å². The molecule has 12 heteroatoms. The molecule has 0 rings (SSSR count). The zero-order valence-corrected chi connectivity index (χ0v) is 31.2. The second-order valence-electron chi connectivity index (χ2n) is 13.1. The lowest BCUT2D eigenvalue weighted by Crippen LogP contribution is -2.34. The van der Waals surface area contributed by atoms with Gasteiger partial charge in [0.1, 0.15) is 12.6 Å². The standard InChI is InChI=1S/C36H70NO10P/c1-3-5-7-9-11-12-13-14-15-16-17-18-19-20-22-23-25-27-34(38)44-29-32(30-45-48(42,43)46-31-33(37)36(40)41)47-35(39)28-26-24-21-10-8-6-4-2/h32-33H,3-31,37H2,1-2H3,(H,40,41)(H,42,43)/t32-,33+/m0/s1. The number of rotatable bonds is 36. The van der Waals surface area contributed by atoms with Crippen molar-refractivity contribution in [2.24, 2.45) is 5.73 Å². The maximum absolute atomic E-state index is 12.4. The number of carbonyl (C=O) groups excluding carboxylic acids is 2. The average molecular weight is 708 g/mol. The van der Waals surface area contributed by atoms with Gasteiger partial charge >= 0.3 is 25.7 Å². The predicted octanol–water partition coefficient (Wildman–Crippen LogP) is 9.17. The molecule has 3 atom stereocenters. The van der Waals surface area contributed by atoms with Crippen molar-refractivity contribution in [1.29, 1.82) is 0 Å². The fraction of sp³-hybridized carbons (Fsp3) is 0.917. The molecular formula is C36H70NO10P. The third-order valence-electron chi connectivity index (χ3n) is 8.36. The van der Waals surface area contributed by atoms with Crippen LogP contribution in [0.3, 0.4) is 0 Å². The van der Waals surface area contributed by atoms with Crippen LogP contribution in [0.2, 0.25) is 0 Å². The third kappa shape index (κ3) is 31.7. The fourth-order valence-electron chi connectivity index (χ4n) is 5.30. The Morgan fingerprint density at radius 2 is 0.917 bits per heavy atom. The molecule has 0 aliphatic carbocycles. The summed E-state index contributed by atoms with van der Waals surface area (Å²) in [6.45, 7) is 2.75. The molecule has 0 aliphatic heterocycles. The van der Waals surface area contributed by atoms with Gasteiger partial charge < -0.3 is 25.2 Å². The topological polar surface area (TPSA) is 172 Å². The molecule has 0 saturated heterocycles. The molecule has 284 valence electrons. The number of carbonyl (C=O) groups is 3. The molecule has 0 aliphatic rings. The molecule has 0 aromatic carbocycles. The maximum Gasteiger partial charge on any atom is 0.472 e. The molecule has 0 fully saturated rings. The van der Waals surface area contributed by atoms with Crippen molar-refractivity contribution >= 4 is 25.7 Å². The summed E-state index contributed by atoms with van der Waals surface area (Å²) in [5.41, 5.74) is 5.30. The van der Waals surface area contributed by atoms with Gasteiger partial charge in [0.2, 0.25) is 0 Å². The lowest BCUT2D eigenvalue weighted by molar-refractivity contribution is -0.161. The van der Waals surface area contributed by atoms with Gasteiger partial charge in [0.15, 0.2) is 6.10 Å². The highest BCUT2D eigenvalue weighted by molar-refractivity contribution is 7.47. The number of phosphoric acid groups is 1. The van der Waals surface area contributed by atoms with E-state index in [-0.39, 0.29) is 19.4 Å². The summed E-state index contributed by atoms with van der Waals surface area (Å²) in [4.78, 5) is 45.5. The van der Waals surface area contributed by atoms with Crippen LogP contribution in [0.25, 0.3) is 0 Å². The number of unbranched alkanes of at least 4 members (excludes halogenated alkanes) is 22. The SMILES string of the molecule is CCCCCCCCCCCCCCCCCCCC(=O)OC[C@@H](COP(=O)(O)OC[C@@H](N)C(=O)O)OC(=O)CCCCCCCCC. The van der Waals surface area contributed by atoms with Crippen LogP contribution in [-0.4, -0.2) is 59.9 Å². The van der Waals surface area contributed by atoms with E-state index in [4.69, 9.17) is 24.8 Å². The smallest absolute Gasteiger partial charge is 0.472 e. The first-order valence-corrected chi connectivity index (χ1v) is 20.6. The normalized spacial score (nSPS) is 13.9. The lowest BCUT2D eigenvalue weighted by Gasteiger charge is -2.20. The summed E-state index contributed by atoms with van der Waals surface area (Å²) in [7, 11) is -4.69. The average Bonchev–Trinajstić information content (AvgIpc) is 3.05. The summed E-state index contributed by atoms with van der Waals surface area (Å²) >= 11 is 0. The number of ether oxygens (including phenoxy) is 2. The van der Waals surface area contributed by atoms with E-state index in [2.05, 4.69) is 18.4 Å². The Balaban J connectivity index is 4.26. The second kappa shape index (κ2) is 32.7. The van der Waals surface area contributed by atoms with Crippen LogP contribution in [0, 0.1) is 0 Å². The molecule has 0 spiro atoms. The fourth-order valence-corrected chi connectivity index (χ4v) is 6.08. The summed E-state index contributed by atoms with van der Waals surface area (Å²) in [5.74, 6) is -2.37. The predicted molar refractivity (Wildman–Crippen MR) is 190 cm³/mol. The minimum atomic E-state index is -4.69. The number of nitrogens with two attached hydrogens (primary N) is 1. The van der Waals surface area contributed by atoms with E-state index in [0.717, 1.165) is 44.9 Å². The van der Waals surface area contributed by atoms with Crippen LogP contribution >= 0.6 is 7.82 Å². The minimum absolute atomic E-state index is 0.165.